The van der Waals surface area contributed by atoms with E-state index in [1.807, 2.05) is 0 Å². The van der Waals surface area contributed by atoms with Crippen molar-refractivity contribution in [2.45, 2.75) is 11.1 Å². The van der Waals surface area contributed by atoms with E-state index in [1.165, 1.54) is 18.1 Å². The maximum Gasteiger partial charge on any atom is 0.294 e. The summed E-state index contributed by atoms with van der Waals surface area (Å²) in [5, 5.41) is 1.81. The topological polar surface area (TPSA) is 85.3 Å². The summed E-state index contributed by atoms with van der Waals surface area (Å²) in [6.45, 7) is 2.08. The second-order valence-corrected chi connectivity index (χ2v) is 9.34. The summed E-state index contributed by atoms with van der Waals surface area (Å²) >= 11 is 2.12. The van der Waals surface area contributed by atoms with Crippen LogP contribution in [0.1, 0.15) is 12.5 Å². The van der Waals surface area contributed by atoms with Gasteiger partial charge < -0.3 is 9.47 Å². The number of hydrogen-bond donors (Lipinski definition) is 0. The molecule has 0 N–H and O–H groups in total. The number of carbonyl (C=O) groups is 1. The first kappa shape index (κ1) is 20.4. The fourth-order valence-electron chi connectivity index (χ4n) is 2.51. The third kappa shape index (κ3) is 4.08. The number of amidine groups is 1. The Morgan fingerprint density at radius 2 is 1.93 bits per heavy atom. The van der Waals surface area contributed by atoms with Crippen LogP contribution in [0.2, 0.25) is 0 Å². The molecule has 1 aromatic heterocycles. The van der Waals surface area contributed by atoms with E-state index < -0.39 is 10.0 Å². The van der Waals surface area contributed by atoms with Gasteiger partial charge in [-0.15, -0.1) is 15.7 Å². The number of likely N-dealkylation sites (N-methyl/N-ethyl adjacent to an activating group) is 1. The molecule has 1 aliphatic heterocycles. The Labute approximate surface area is 171 Å². The highest BCUT2D eigenvalue weighted by Crippen LogP contribution is 2.35. The Morgan fingerprint density at radius 1 is 1.18 bits per heavy atom. The van der Waals surface area contributed by atoms with Crippen molar-refractivity contribution >= 4 is 50.3 Å². The van der Waals surface area contributed by atoms with Crippen molar-refractivity contribution in [3.63, 3.8) is 0 Å². The number of hydrogen-bond acceptors (Lipinski definition) is 7. The van der Waals surface area contributed by atoms with Gasteiger partial charge in [-0.1, -0.05) is 12.1 Å². The summed E-state index contributed by atoms with van der Waals surface area (Å²) in [4.78, 5) is 14.4. The van der Waals surface area contributed by atoms with Crippen molar-refractivity contribution in [3.8, 4) is 11.5 Å². The van der Waals surface area contributed by atoms with Gasteiger partial charge in [-0.2, -0.15) is 8.42 Å². The summed E-state index contributed by atoms with van der Waals surface area (Å²) in [5.74, 6) is 0.825. The normalized spacial score (nSPS) is 17.5. The number of nitrogens with zero attached hydrogens (tertiary/aromatic N) is 2. The van der Waals surface area contributed by atoms with Crippen LogP contribution in [0.25, 0.3) is 6.08 Å². The predicted molar refractivity (Wildman–Crippen MR) is 111 cm³/mol. The first-order valence-electron chi connectivity index (χ1n) is 8.21. The number of thiophene rings is 1. The molecule has 28 heavy (non-hydrogen) atoms. The van der Waals surface area contributed by atoms with Crippen LogP contribution in [0.5, 0.6) is 11.5 Å². The van der Waals surface area contributed by atoms with Crippen LogP contribution in [-0.4, -0.2) is 45.2 Å². The summed E-state index contributed by atoms with van der Waals surface area (Å²) in [6, 6.07) is 8.40. The smallest absolute Gasteiger partial charge is 0.294 e. The summed E-state index contributed by atoms with van der Waals surface area (Å²) in [6.07, 6.45) is 1.68. The number of ether oxygens (including phenoxy) is 2. The molecule has 1 fully saturated rings. The van der Waals surface area contributed by atoms with E-state index in [1.54, 1.807) is 49.8 Å². The summed E-state index contributed by atoms with van der Waals surface area (Å²) in [5.41, 5.74) is 0.729. The van der Waals surface area contributed by atoms with Gasteiger partial charge in [0.05, 0.1) is 19.1 Å². The van der Waals surface area contributed by atoms with Crippen LogP contribution in [-0.2, 0) is 14.8 Å². The predicted octanol–water partition coefficient (Wildman–Crippen LogP) is 3.45. The van der Waals surface area contributed by atoms with Crippen LogP contribution >= 0.6 is 23.1 Å². The first-order chi connectivity index (χ1) is 13.4. The monoisotopic (exact) mass is 438 g/mol. The van der Waals surface area contributed by atoms with Gasteiger partial charge in [-0.05, 0) is 53.9 Å². The number of sulfonamides is 1. The highest BCUT2D eigenvalue weighted by atomic mass is 32.2. The molecule has 0 spiro atoms. The second kappa shape index (κ2) is 8.38. The van der Waals surface area contributed by atoms with Crippen molar-refractivity contribution in [3.05, 3.63) is 46.2 Å². The number of methoxy groups -OCH3 is 2. The summed E-state index contributed by atoms with van der Waals surface area (Å²) < 4.78 is 39.4. The molecule has 148 valence electrons. The average Bonchev–Trinajstić information content (AvgIpc) is 3.31. The molecule has 0 atom stereocenters. The zero-order valence-electron chi connectivity index (χ0n) is 15.4. The van der Waals surface area contributed by atoms with Gasteiger partial charge in [-0.25, -0.2) is 0 Å². The van der Waals surface area contributed by atoms with Crippen LogP contribution in [0, 0.1) is 0 Å². The molecule has 10 heteroatoms. The molecule has 3 rings (SSSR count). The van der Waals surface area contributed by atoms with Crippen LogP contribution in [0.3, 0.4) is 0 Å². The summed E-state index contributed by atoms with van der Waals surface area (Å²) in [7, 11) is -0.780. The highest BCUT2D eigenvalue weighted by Gasteiger charge is 2.34. The maximum atomic E-state index is 12.7. The van der Waals surface area contributed by atoms with Crippen molar-refractivity contribution in [1.82, 2.24) is 4.90 Å². The van der Waals surface area contributed by atoms with Gasteiger partial charge in [0, 0.05) is 6.54 Å². The van der Waals surface area contributed by atoms with E-state index in [9.17, 15) is 13.2 Å². The zero-order valence-corrected chi connectivity index (χ0v) is 17.9. The van der Waals surface area contributed by atoms with Crippen LogP contribution in [0.4, 0.5) is 0 Å². The van der Waals surface area contributed by atoms with E-state index in [0.29, 0.717) is 22.9 Å². The molecule has 1 saturated heterocycles. The molecule has 0 unspecified atom stereocenters. The molecule has 0 saturated carbocycles. The zero-order chi connectivity index (χ0) is 20.3. The SMILES string of the molecule is CCN1C(=O)C(=Cc2ccc(OC)c(OC)c2)SC1=NS(=O)(=O)c1cccs1. The number of thioether (sulfide) groups is 1. The number of amides is 1. The quantitative estimate of drug-likeness (QED) is 0.642. The molecule has 2 aromatic rings. The minimum atomic E-state index is -3.85. The highest BCUT2D eigenvalue weighted by molar-refractivity contribution is 8.19. The molecule has 1 amide bonds. The van der Waals surface area contributed by atoms with Crippen molar-refractivity contribution < 1.29 is 22.7 Å². The van der Waals surface area contributed by atoms with Gasteiger partial charge in [0.15, 0.2) is 16.7 Å². The molecule has 2 heterocycles. The second-order valence-electron chi connectivity index (χ2n) is 5.56. The van der Waals surface area contributed by atoms with Crippen molar-refractivity contribution in [2.24, 2.45) is 4.40 Å². The van der Waals surface area contributed by atoms with Gasteiger partial charge >= 0.3 is 0 Å². The van der Waals surface area contributed by atoms with E-state index in [-0.39, 0.29) is 15.3 Å². The number of benzene rings is 1. The minimum Gasteiger partial charge on any atom is -0.493 e. The van der Waals surface area contributed by atoms with E-state index in [0.717, 1.165) is 28.7 Å². The lowest BCUT2D eigenvalue weighted by atomic mass is 10.2. The number of rotatable bonds is 6. The van der Waals surface area contributed by atoms with Gasteiger partial charge in [-0.3, -0.25) is 9.69 Å². The van der Waals surface area contributed by atoms with Crippen molar-refractivity contribution in [2.75, 3.05) is 20.8 Å². The fraction of sp³-hybridized carbons (Fsp3) is 0.222. The third-order valence-corrected chi connectivity index (χ3v) is 7.62. The lowest BCUT2D eigenvalue weighted by Crippen LogP contribution is -2.29. The number of carbonyl (C=O) groups excluding carboxylic acids is 1. The standard InChI is InChI=1S/C18H18N2O5S3/c1-4-20-17(21)15(11-12-7-8-13(24-2)14(10-12)25-3)27-18(20)19-28(22,23)16-6-5-9-26-16/h5-11H,4H2,1-3H3. The first-order valence-corrected chi connectivity index (χ1v) is 11.3. The van der Waals surface area contributed by atoms with Gasteiger partial charge in [0.1, 0.15) is 4.21 Å². The van der Waals surface area contributed by atoms with Crippen LogP contribution in [0.15, 0.2) is 49.2 Å². The molecule has 0 radical (unpaired) electrons. The van der Waals surface area contributed by atoms with E-state index in [2.05, 4.69) is 4.40 Å². The molecule has 0 bridgehead atoms. The Bertz CT molecular complexity index is 1040. The Hall–Kier alpha value is -2.30. The molecule has 1 aliphatic rings. The van der Waals surface area contributed by atoms with Gasteiger partial charge in [0.2, 0.25) is 0 Å². The maximum absolute atomic E-state index is 12.7. The minimum absolute atomic E-state index is 0.140. The lowest BCUT2D eigenvalue weighted by Gasteiger charge is -2.11. The lowest BCUT2D eigenvalue weighted by molar-refractivity contribution is -0.122. The largest absolute Gasteiger partial charge is 0.493 e. The third-order valence-electron chi connectivity index (χ3n) is 3.86. The van der Waals surface area contributed by atoms with Gasteiger partial charge in [0.25, 0.3) is 15.9 Å². The molecular weight excluding hydrogens is 420 g/mol. The Balaban J connectivity index is 1.96. The Morgan fingerprint density at radius 3 is 2.54 bits per heavy atom. The average molecular weight is 439 g/mol. The molecule has 7 nitrogen and oxygen atoms in total. The van der Waals surface area contributed by atoms with Crippen molar-refractivity contribution in [1.29, 1.82) is 0 Å². The van der Waals surface area contributed by atoms with E-state index in [4.69, 9.17) is 9.47 Å². The van der Waals surface area contributed by atoms with Crippen LogP contribution < -0.4 is 9.47 Å². The Kier molecular flexibility index (Phi) is 6.11. The molecule has 0 aliphatic carbocycles. The molecule has 1 aromatic carbocycles. The molecular formula is C18H18N2O5S3. The van der Waals surface area contributed by atoms with E-state index >= 15 is 0 Å². The fourth-order valence-corrected chi connectivity index (χ4v) is 5.72.